The van der Waals surface area contributed by atoms with Crippen LogP contribution in [0.1, 0.15) is 97.8 Å². The number of hydrogen-bond acceptors (Lipinski definition) is 0. The zero-order valence-corrected chi connectivity index (χ0v) is 27.4. The van der Waals surface area contributed by atoms with E-state index in [2.05, 4.69) is 33.9 Å². The predicted octanol–water partition coefficient (Wildman–Crippen LogP) is 10.8. The molecular weight excluding hydrogens is 527 g/mol. The van der Waals surface area contributed by atoms with Gasteiger partial charge in [-0.3, -0.25) is 0 Å². The molecule has 0 spiro atoms. The Labute approximate surface area is 222 Å². The SMILES string of the molecule is CCC[C@@H](C)C1CC([Si](C)(C)C2CCC3C(C)CCCC32)C2CCCCC21.[CH3-].[CH3-].[Cl][Zr+2][Cl]. The fourth-order valence-corrected chi connectivity index (χ4v) is 14.7. The van der Waals surface area contributed by atoms with Gasteiger partial charge in [-0.2, -0.15) is 0 Å². The summed E-state index contributed by atoms with van der Waals surface area (Å²) in [5, 5.41) is 0. The monoisotopic (exact) mass is 578 g/mol. The Bertz CT molecular complexity index is 528. The van der Waals surface area contributed by atoms with Crippen LogP contribution in [-0.4, -0.2) is 8.07 Å². The second-order valence-electron chi connectivity index (χ2n) is 12.2. The molecule has 0 heterocycles. The summed E-state index contributed by atoms with van der Waals surface area (Å²) in [6.45, 7) is 13.4. The molecule has 0 saturated heterocycles. The Kier molecular flexibility index (Phi) is 14.3. The molecule has 8 unspecified atom stereocenters. The van der Waals surface area contributed by atoms with Gasteiger partial charge in [-0.15, -0.1) is 0 Å². The van der Waals surface area contributed by atoms with E-state index in [0.29, 0.717) is 0 Å². The van der Waals surface area contributed by atoms with E-state index in [4.69, 9.17) is 17.0 Å². The van der Waals surface area contributed by atoms with E-state index in [9.17, 15) is 0 Å². The van der Waals surface area contributed by atoms with Crippen LogP contribution in [-0.2, 0) is 20.8 Å². The topological polar surface area (TPSA) is 0 Å². The number of rotatable bonds is 5. The predicted molar refractivity (Wildman–Crippen MR) is 146 cm³/mol. The number of fused-ring (bicyclic) bond motifs is 2. The molecule has 32 heavy (non-hydrogen) atoms. The fraction of sp³-hybridized carbons (Fsp3) is 0.929. The Morgan fingerprint density at radius 3 is 2.00 bits per heavy atom. The van der Waals surface area contributed by atoms with Crippen molar-refractivity contribution in [3.8, 4) is 0 Å². The second-order valence-corrected chi connectivity index (χ2v) is 21.1. The Morgan fingerprint density at radius 2 is 1.38 bits per heavy atom. The molecule has 4 saturated carbocycles. The first kappa shape index (κ1) is 31.7. The summed E-state index contributed by atoms with van der Waals surface area (Å²) in [4.78, 5) is 0. The van der Waals surface area contributed by atoms with E-state index in [0.717, 1.165) is 52.5 Å². The van der Waals surface area contributed by atoms with Crippen molar-refractivity contribution in [1.29, 1.82) is 0 Å². The van der Waals surface area contributed by atoms with Gasteiger partial charge in [0.15, 0.2) is 0 Å². The van der Waals surface area contributed by atoms with E-state index < -0.39 is 28.9 Å². The third-order valence-electron chi connectivity index (χ3n) is 10.7. The normalized spacial score (nSPS) is 39.2. The zero-order valence-electron chi connectivity index (χ0n) is 22.4. The van der Waals surface area contributed by atoms with Gasteiger partial charge in [0.2, 0.25) is 0 Å². The Hall–Kier alpha value is 1.68. The van der Waals surface area contributed by atoms with Crippen LogP contribution in [0.5, 0.6) is 0 Å². The molecular formula is C28H54Cl2SiZr. The maximum atomic E-state index is 4.93. The summed E-state index contributed by atoms with van der Waals surface area (Å²) >= 11 is -0.826. The Morgan fingerprint density at radius 1 is 0.812 bits per heavy atom. The minimum absolute atomic E-state index is 0. The van der Waals surface area contributed by atoms with Gasteiger partial charge < -0.3 is 14.9 Å². The van der Waals surface area contributed by atoms with Crippen molar-refractivity contribution in [2.75, 3.05) is 0 Å². The van der Waals surface area contributed by atoms with Crippen LogP contribution in [0.25, 0.3) is 0 Å². The summed E-state index contributed by atoms with van der Waals surface area (Å²) < 4.78 is 0. The van der Waals surface area contributed by atoms with Gasteiger partial charge in [0.05, 0.1) is 8.07 Å². The average Bonchev–Trinajstić information content (AvgIpc) is 3.32. The molecule has 0 radical (unpaired) electrons. The molecule has 0 aromatic carbocycles. The summed E-state index contributed by atoms with van der Waals surface area (Å²) in [6, 6.07) is 0. The molecule has 0 bridgehead atoms. The summed E-state index contributed by atoms with van der Waals surface area (Å²) in [7, 11) is 8.67. The maximum absolute atomic E-state index is 4.93. The van der Waals surface area contributed by atoms with Gasteiger partial charge in [-0.1, -0.05) is 91.7 Å². The molecule has 9 atom stereocenters. The molecule has 0 aromatic rings. The molecule has 4 rings (SSSR count). The van der Waals surface area contributed by atoms with Crippen LogP contribution in [0.4, 0.5) is 0 Å². The summed E-state index contributed by atoms with van der Waals surface area (Å²) in [6.07, 6.45) is 18.6. The molecule has 0 aliphatic heterocycles. The van der Waals surface area contributed by atoms with Crippen molar-refractivity contribution in [1.82, 2.24) is 0 Å². The van der Waals surface area contributed by atoms with Gasteiger partial charge in [-0.25, -0.2) is 0 Å². The van der Waals surface area contributed by atoms with Crippen molar-refractivity contribution >= 4 is 25.1 Å². The molecule has 0 nitrogen and oxygen atoms in total. The molecule has 0 N–H and O–H groups in total. The zero-order chi connectivity index (χ0) is 21.9. The van der Waals surface area contributed by atoms with Crippen molar-refractivity contribution in [2.45, 2.75) is 122 Å². The first-order chi connectivity index (χ1) is 14.4. The van der Waals surface area contributed by atoms with Gasteiger partial charge in [0.1, 0.15) is 0 Å². The van der Waals surface area contributed by atoms with Crippen LogP contribution >= 0.6 is 17.0 Å². The quantitative estimate of drug-likeness (QED) is 0.224. The Balaban J connectivity index is 0.000000971. The van der Waals surface area contributed by atoms with Gasteiger partial charge >= 0.3 is 37.9 Å². The molecule has 188 valence electrons. The van der Waals surface area contributed by atoms with Crippen molar-refractivity contribution in [3.63, 3.8) is 0 Å². The van der Waals surface area contributed by atoms with Gasteiger partial charge in [0, 0.05) is 0 Å². The summed E-state index contributed by atoms with van der Waals surface area (Å²) in [5.41, 5.74) is 2.33. The van der Waals surface area contributed by atoms with Crippen LogP contribution in [0, 0.1) is 56.3 Å². The average molecular weight is 581 g/mol. The van der Waals surface area contributed by atoms with E-state index in [1.54, 1.807) is 44.9 Å². The van der Waals surface area contributed by atoms with Gasteiger partial charge in [0.25, 0.3) is 0 Å². The molecule has 4 aliphatic carbocycles. The molecule has 4 heteroatoms. The molecule has 0 aromatic heterocycles. The van der Waals surface area contributed by atoms with Gasteiger partial charge in [-0.05, 0) is 71.8 Å². The fourth-order valence-electron chi connectivity index (χ4n) is 9.35. The van der Waals surface area contributed by atoms with Crippen LogP contribution in [0.2, 0.25) is 24.2 Å². The molecule has 4 aliphatic rings. The standard InChI is InChI=1S/C26H48Si.2CH3.2ClH.Zr/c1-6-10-18(2)24-17-26(23-13-8-7-12-21(23)24)27(4,5)25-16-15-20-19(3)11-9-14-22(20)25;;;;;/h18-26H,6-17H2,1-5H3;2*1H3;2*1H;/q;2*-1;;;+4/p-2/t18-,19?,20?,21?,22?,23?,24?,25?,26?;;;;;/m1...../s1. The van der Waals surface area contributed by atoms with Crippen molar-refractivity contribution in [3.05, 3.63) is 14.9 Å². The first-order valence-electron chi connectivity index (χ1n) is 13.3. The van der Waals surface area contributed by atoms with E-state index in [-0.39, 0.29) is 14.9 Å². The molecule has 4 fully saturated rings. The van der Waals surface area contributed by atoms with Crippen LogP contribution < -0.4 is 0 Å². The van der Waals surface area contributed by atoms with Crippen LogP contribution in [0.3, 0.4) is 0 Å². The van der Waals surface area contributed by atoms with Crippen LogP contribution in [0.15, 0.2) is 0 Å². The number of hydrogen-bond donors (Lipinski definition) is 0. The van der Waals surface area contributed by atoms with E-state index >= 15 is 0 Å². The molecule has 0 amide bonds. The number of halogens is 2. The first-order valence-corrected chi connectivity index (χ1v) is 22.8. The second kappa shape index (κ2) is 14.4. The minimum atomic E-state index is -1.19. The van der Waals surface area contributed by atoms with Crippen molar-refractivity contribution < 1.29 is 20.8 Å². The third-order valence-corrected chi connectivity index (χ3v) is 15.9. The van der Waals surface area contributed by atoms with E-state index in [1.807, 2.05) is 0 Å². The van der Waals surface area contributed by atoms with E-state index in [1.165, 1.54) is 32.1 Å². The third kappa shape index (κ3) is 6.71. The van der Waals surface area contributed by atoms with Crippen molar-refractivity contribution in [2.24, 2.45) is 41.4 Å². The summed E-state index contributed by atoms with van der Waals surface area (Å²) in [5.74, 6) is 7.57.